The monoisotopic (exact) mass is 493 g/mol. The smallest absolute Gasteiger partial charge is 0.219 e. The molecule has 2 heterocycles. The summed E-state index contributed by atoms with van der Waals surface area (Å²) in [4.78, 5) is 14.0. The minimum absolute atomic E-state index is 0.167. The van der Waals surface area contributed by atoms with Crippen LogP contribution in [0.1, 0.15) is 55.6 Å². The number of hydrogen-bond acceptors (Lipinski definition) is 2. The summed E-state index contributed by atoms with van der Waals surface area (Å²) in [5, 5.41) is 2.12. The molecular weight excluding hydrogens is 465 g/mol. The summed E-state index contributed by atoms with van der Waals surface area (Å²) in [5.74, 6) is 1.76. The lowest BCUT2D eigenvalue weighted by Gasteiger charge is -2.40. The van der Waals surface area contributed by atoms with E-state index in [1.54, 1.807) is 6.92 Å². The Kier molecular flexibility index (Phi) is 8.04. The molecule has 2 aromatic carbocycles. The van der Waals surface area contributed by atoms with E-state index in [0.29, 0.717) is 28.7 Å². The van der Waals surface area contributed by atoms with Gasteiger partial charge >= 0.3 is 0 Å². The van der Waals surface area contributed by atoms with E-state index in [0.717, 1.165) is 54.8 Å². The van der Waals surface area contributed by atoms with Crippen molar-refractivity contribution >= 4 is 40.7 Å². The average molecular weight is 495 g/mol. The standard InChI is InChI=1S/C22H22Cl3NO.C4H8O/c1-13(27)26-11-15-4-8-19(18-9-7-17(24)10-21(18)25)22(20(15)12-26)14-2-5-16(23)6-3-14;1-2-4-5-3-1/h2-3,5-7,9-10,15,19-20,22H,4,8,11-12H2,1H3;1-4H2. The predicted octanol–water partition coefficient (Wildman–Crippen LogP) is 7.20. The number of halogens is 3. The maximum absolute atomic E-state index is 12.0. The molecule has 0 aromatic heterocycles. The van der Waals surface area contributed by atoms with Crippen LogP contribution in [0.5, 0.6) is 0 Å². The van der Waals surface area contributed by atoms with Crippen LogP contribution >= 0.6 is 34.8 Å². The number of likely N-dealkylation sites (tertiary alicyclic amines) is 1. The molecule has 1 aliphatic carbocycles. The van der Waals surface area contributed by atoms with Gasteiger partial charge in [0.1, 0.15) is 0 Å². The van der Waals surface area contributed by atoms with Gasteiger partial charge in [0.25, 0.3) is 0 Å². The van der Waals surface area contributed by atoms with Crippen molar-refractivity contribution in [3.05, 3.63) is 68.7 Å². The van der Waals surface area contributed by atoms with Crippen LogP contribution in [0.25, 0.3) is 0 Å². The number of nitrogens with zero attached hydrogens (tertiary/aromatic N) is 1. The van der Waals surface area contributed by atoms with Crippen LogP contribution in [0.15, 0.2) is 42.5 Å². The van der Waals surface area contributed by atoms with Gasteiger partial charge in [-0.15, -0.1) is 0 Å². The molecule has 4 unspecified atom stereocenters. The number of benzene rings is 2. The van der Waals surface area contributed by atoms with Crippen molar-refractivity contribution in [2.24, 2.45) is 11.8 Å². The third-order valence-electron chi connectivity index (χ3n) is 7.12. The van der Waals surface area contributed by atoms with Crippen molar-refractivity contribution < 1.29 is 9.53 Å². The Bertz CT molecular complexity index is 922. The van der Waals surface area contributed by atoms with Crippen molar-refractivity contribution in [3.8, 4) is 0 Å². The van der Waals surface area contributed by atoms with Gasteiger partial charge in [-0.2, -0.15) is 0 Å². The minimum atomic E-state index is 0.167. The molecule has 5 rings (SSSR count). The predicted molar refractivity (Wildman–Crippen MR) is 132 cm³/mol. The molecule has 4 atom stereocenters. The lowest BCUT2D eigenvalue weighted by molar-refractivity contribution is -0.128. The zero-order valence-electron chi connectivity index (χ0n) is 18.4. The first kappa shape index (κ1) is 23.9. The van der Waals surface area contributed by atoms with E-state index in [-0.39, 0.29) is 5.91 Å². The highest BCUT2D eigenvalue weighted by molar-refractivity contribution is 6.35. The maximum atomic E-state index is 12.0. The molecule has 3 aliphatic rings. The Balaban J connectivity index is 0.000000433. The van der Waals surface area contributed by atoms with Gasteiger partial charge in [0.05, 0.1) is 0 Å². The van der Waals surface area contributed by atoms with E-state index in [4.69, 9.17) is 39.5 Å². The summed E-state index contributed by atoms with van der Waals surface area (Å²) in [6.07, 6.45) is 4.73. The summed E-state index contributed by atoms with van der Waals surface area (Å²) >= 11 is 18.9. The highest BCUT2D eigenvalue weighted by Crippen LogP contribution is 2.53. The Morgan fingerprint density at radius 3 is 2.22 bits per heavy atom. The van der Waals surface area contributed by atoms with Gasteiger partial charge in [0.15, 0.2) is 0 Å². The first-order chi connectivity index (χ1) is 15.4. The fourth-order valence-corrected chi connectivity index (χ4v) is 6.24. The Labute approximate surface area is 206 Å². The summed E-state index contributed by atoms with van der Waals surface area (Å²) in [5.41, 5.74) is 2.43. The molecule has 32 heavy (non-hydrogen) atoms. The third-order valence-corrected chi connectivity index (χ3v) is 7.94. The number of fused-ring (bicyclic) bond motifs is 1. The van der Waals surface area contributed by atoms with Crippen LogP contribution < -0.4 is 0 Å². The van der Waals surface area contributed by atoms with E-state index in [1.165, 1.54) is 18.4 Å². The second-order valence-corrected chi connectivity index (χ2v) is 10.4. The fourth-order valence-electron chi connectivity index (χ4n) is 5.56. The van der Waals surface area contributed by atoms with Crippen LogP contribution in [-0.4, -0.2) is 37.1 Å². The molecule has 1 amide bonds. The molecule has 6 heteroatoms. The van der Waals surface area contributed by atoms with E-state index in [2.05, 4.69) is 18.2 Å². The number of rotatable bonds is 2. The number of carbonyl (C=O) groups is 1. The van der Waals surface area contributed by atoms with Gasteiger partial charge in [0, 0.05) is 48.3 Å². The minimum Gasteiger partial charge on any atom is -0.381 e. The molecule has 0 spiro atoms. The summed E-state index contributed by atoms with van der Waals surface area (Å²) in [7, 11) is 0. The Morgan fingerprint density at radius 1 is 0.938 bits per heavy atom. The number of hydrogen-bond donors (Lipinski definition) is 0. The largest absolute Gasteiger partial charge is 0.381 e. The molecular formula is C26H30Cl3NO2. The third kappa shape index (κ3) is 5.44. The van der Waals surface area contributed by atoms with Crippen molar-refractivity contribution in [3.63, 3.8) is 0 Å². The summed E-state index contributed by atoms with van der Waals surface area (Å²) in [6, 6.07) is 14.0. The van der Waals surface area contributed by atoms with Gasteiger partial charge in [-0.3, -0.25) is 4.79 Å². The molecule has 2 saturated heterocycles. The van der Waals surface area contributed by atoms with Crippen LogP contribution in [0.3, 0.4) is 0 Å². The highest BCUT2D eigenvalue weighted by Gasteiger charge is 2.46. The van der Waals surface area contributed by atoms with Gasteiger partial charge in [-0.1, -0.05) is 53.0 Å². The first-order valence-corrected chi connectivity index (χ1v) is 12.6. The molecule has 0 radical (unpaired) electrons. The average Bonchev–Trinajstić information content (AvgIpc) is 3.47. The Morgan fingerprint density at radius 2 is 1.62 bits per heavy atom. The molecule has 1 saturated carbocycles. The van der Waals surface area contributed by atoms with E-state index >= 15 is 0 Å². The number of ether oxygens (including phenoxy) is 1. The van der Waals surface area contributed by atoms with Gasteiger partial charge in [-0.25, -0.2) is 0 Å². The van der Waals surface area contributed by atoms with Gasteiger partial charge in [0.2, 0.25) is 5.91 Å². The maximum Gasteiger partial charge on any atom is 0.219 e. The second kappa shape index (κ2) is 10.8. The lowest BCUT2D eigenvalue weighted by atomic mass is 9.63. The molecule has 2 aliphatic heterocycles. The highest BCUT2D eigenvalue weighted by atomic mass is 35.5. The van der Waals surface area contributed by atoms with Crippen LogP contribution in [0.4, 0.5) is 0 Å². The van der Waals surface area contributed by atoms with Gasteiger partial charge in [-0.05, 0) is 84.7 Å². The van der Waals surface area contributed by atoms with E-state index in [9.17, 15) is 4.79 Å². The molecule has 0 bridgehead atoms. The Hall–Kier alpha value is -1.26. The summed E-state index contributed by atoms with van der Waals surface area (Å²) < 4.78 is 4.94. The van der Waals surface area contributed by atoms with Crippen molar-refractivity contribution in [1.82, 2.24) is 4.90 Å². The molecule has 3 fully saturated rings. The zero-order valence-corrected chi connectivity index (χ0v) is 20.7. The van der Waals surface area contributed by atoms with Crippen LogP contribution in [0.2, 0.25) is 15.1 Å². The normalized spacial score (nSPS) is 26.9. The molecule has 2 aromatic rings. The molecule has 0 N–H and O–H groups in total. The fraction of sp³-hybridized carbons (Fsp3) is 0.500. The van der Waals surface area contributed by atoms with Crippen LogP contribution in [-0.2, 0) is 9.53 Å². The summed E-state index contributed by atoms with van der Waals surface area (Å²) in [6.45, 7) is 5.35. The number of amides is 1. The van der Waals surface area contributed by atoms with Crippen molar-refractivity contribution in [2.75, 3.05) is 26.3 Å². The van der Waals surface area contributed by atoms with Crippen molar-refractivity contribution in [1.29, 1.82) is 0 Å². The topological polar surface area (TPSA) is 29.5 Å². The van der Waals surface area contributed by atoms with Crippen LogP contribution in [0, 0.1) is 11.8 Å². The van der Waals surface area contributed by atoms with Crippen molar-refractivity contribution in [2.45, 2.75) is 44.4 Å². The van der Waals surface area contributed by atoms with Gasteiger partial charge < -0.3 is 9.64 Å². The quantitative estimate of drug-likeness (QED) is 0.442. The second-order valence-electron chi connectivity index (χ2n) is 9.09. The first-order valence-electron chi connectivity index (χ1n) is 11.5. The van der Waals surface area contributed by atoms with E-state index in [1.807, 2.05) is 29.2 Å². The lowest BCUT2D eigenvalue weighted by Crippen LogP contribution is -2.32. The SMILES string of the molecule is C1CCOC1.CC(=O)N1CC2CCC(c3ccc(Cl)cc3Cl)C(c3ccc(Cl)cc3)C2C1. The zero-order chi connectivity index (χ0) is 22.7. The molecule has 3 nitrogen and oxygen atoms in total. The number of carbonyl (C=O) groups excluding carboxylic acids is 1. The molecule has 172 valence electrons. The van der Waals surface area contributed by atoms with E-state index < -0.39 is 0 Å².